The molecule has 3 atom stereocenters. The van der Waals surface area contributed by atoms with Crippen LogP contribution in [-0.4, -0.2) is 23.9 Å². The molecular weight excluding hydrogens is 276 g/mol. The predicted octanol–water partition coefficient (Wildman–Crippen LogP) is 1.69. The van der Waals surface area contributed by atoms with Gasteiger partial charge in [-0.2, -0.15) is 12.6 Å². The Hall–Kier alpha value is -2.00. The van der Waals surface area contributed by atoms with Crippen molar-refractivity contribution in [2.75, 3.05) is 6.61 Å². The van der Waals surface area contributed by atoms with Gasteiger partial charge in [-0.3, -0.25) is 4.79 Å². The number of hydrogen-bond acceptors (Lipinski definition) is 5. The molecule has 5 nitrogen and oxygen atoms in total. The molecule has 1 aliphatic rings. The largest absolute Gasteiger partial charge is 0.481 e. The van der Waals surface area contributed by atoms with Crippen molar-refractivity contribution in [2.24, 2.45) is 5.18 Å². The molecule has 0 bridgehead atoms. The summed E-state index contributed by atoms with van der Waals surface area (Å²) in [4.78, 5) is 22.3. The van der Waals surface area contributed by atoms with Gasteiger partial charge in [-0.25, -0.2) is 0 Å². The van der Waals surface area contributed by atoms with Gasteiger partial charge in [0.2, 0.25) is 5.91 Å². The molecule has 1 aromatic carbocycles. The number of amides is 1. The lowest BCUT2D eigenvalue weighted by Crippen LogP contribution is -2.48. The lowest BCUT2D eigenvalue weighted by atomic mass is 9.88. The quantitative estimate of drug-likeness (QED) is 0.504. The topological polar surface area (TPSA) is 67.8 Å². The monoisotopic (exact) mass is 290 g/mol. The zero-order valence-corrected chi connectivity index (χ0v) is 11.5. The molecule has 0 spiro atoms. The van der Waals surface area contributed by atoms with Crippen molar-refractivity contribution in [3.63, 3.8) is 0 Å². The van der Waals surface area contributed by atoms with Gasteiger partial charge in [0.25, 0.3) is 0 Å². The molecule has 0 aliphatic carbocycles. The van der Waals surface area contributed by atoms with Crippen LogP contribution in [-0.2, 0) is 4.79 Å². The number of carbonyl (C=O) groups is 1. The van der Waals surface area contributed by atoms with Crippen molar-refractivity contribution in [1.82, 2.24) is 5.32 Å². The molecular formula is C14H14N2O3S. The van der Waals surface area contributed by atoms with Crippen LogP contribution in [0.3, 0.4) is 0 Å². The molecule has 1 amide bonds. The normalized spacial score (nSPS) is 25.4. The number of hydrogen-bond donors (Lipinski definition) is 2. The summed E-state index contributed by atoms with van der Waals surface area (Å²) in [6.45, 7) is 0.206. The highest BCUT2D eigenvalue weighted by atomic mass is 32.1. The van der Waals surface area contributed by atoms with Crippen LogP contribution in [0.25, 0.3) is 0 Å². The zero-order valence-electron chi connectivity index (χ0n) is 10.7. The Labute approximate surface area is 122 Å². The van der Waals surface area contributed by atoms with Crippen LogP contribution in [0.15, 0.2) is 29.4 Å². The van der Waals surface area contributed by atoms with Crippen LogP contribution in [0.2, 0.25) is 0 Å². The van der Waals surface area contributed by atoms with Gasteiger partial charge in [0.05, 0.1) is 5.25 Å². The number of piperidine rings is 1. The number of thiol groups is 1. The third-order valence-electron chi connectivity index (χ3n) is 3.19. The van der Waals surface area contributed by atoms with E-state index in [9.17, 15) is 9.70 Å². The van der Waals surface area contributed by atoms with E-state index >= 15 is 0 Å². The zero-order chi connectivity index (χ0) is 14.5. The Morgan fingerprint density at radius 3 is 2.75 bits per heavy atom. The summed E-state index contributed by atoms with van der Waals surface area (Å²) in [5, 5.41) is 5.08. The van der Waals surface area contributed by atoms with Gasteiger partial charge in [-0.1, -0.05) is 18.1 Å². The van der Waals surface area contributed by atoms with Crippen LogP contribution >= 0.6 is 12.6 Å². The van der Waals surface area contributed by atoms with Crippen molar-refractivity contribution < 1.29 is 9.53 Å². The van der Waals surface area contributed by atoms with Crippen molar-refractivity contribution in [1.29, 1.82) is 0 Å². The van der Waals surface area contributed by atoms with Crippen molar-refractivity contribution in [2.45, 2.75) is 23.8 Å². The summed E-state index contributed by atoms with van der Waals surface area (Å²) in [5.74, 6) is 2.69. The van der Waals surface area contributed by atoms with E-state index in [0.717, 1.165) is 5.56 Å². The number of nitrogens with zero attached hydrogens (tertiary/aromatic N) is 1. The molecule has 1 fully saturated rings. The lowest BCUT2D eigenvalue weighted by molar-refractivity contribution is -0.123. The van der Waals surface area contributed by atoms with E-state index in [1.807, 2.05) is 12.1 Å². The summed E-state index contributed by atoms with van der Waals surface area (Å²) >= 11 is 4.40. The number of carbonyl (C=O) groups excluding carboxylic acids is 1. The van der Waals surface area contributed by atoms with E-state index in [2.05, 4.69) is 29.0 Å². The molecule has 0 aromatic heterocycles. The summed E-state index contributed by atoms with van der Waals surface area (Å²) in [7, 11) is 0. The maximum atomic E-state index is 11.6. The van der Waals surface area contributed by atoms with Crippen LogP contribution in [0.1, 0.15) is 17.9 Å². The highest BCUT2D eigenvalue weighted by Crippen LogP contribution is 2.33. The van der Waals surface area contributed by atoms with Gasteiger partial charge < -0.3 is 10.1 Å². The van der Waals surface area contributed by atoms with E-state index in [-0.39, 0.29) is 30.1 Å². The fourth-order valence-electron chi connectivity index (χ4n) is 2.19. The molecule has 1 saturated heterocycles. The first-order valence-corrected chi connectivity index (χ1v) is 6.63. The number of nitrogens with one attached hydrogen (secondary N) is 1. The maximum absolute atomic E-state index is 11.6. The van der Waals surface area contributed by atoms with Crippen molar-refractivity contribution in [3.05, 3.63) is 34.7 Å². The Bertz CT molecular complexity index is 538. The third kappa shape index (κ3) is 3.11. The third-order valence-corrected chi connectivity index (χ3v) is 3.84. The van der Waals surface area contributed by atoms with Crippen LogP contribution in [0.4, 0.5) is 0 Å². The summed E-state index contributed by atoms with van der Waals surface area (Å²) in [6, 6.07) is 7.26. The second kappa shape index (κ2) is 6.44. The van der Waals surface area contributed by atoms with E-state index in [1.165, 1.54) is 0 Å². The van der Waals surface area contributed by atoms with Crippen LogP contribution < -0.4 is 10.1 Å². The van der Waals surface area contributed by atoms with Gasteiger partial charge in [0.15, 0.2) is 6.17 Å². The highest BCUT2D eigenvalue weighted by molar-refractivity contribution is 7.81. The Balaban J connectivity index is 2.15. The van der Waals surface area contributed by atoms with Gasteiger partial charge in [0, 0.05) is 12.3 Å². The fourth-order valence-corrected chi connectivity index (χ4v) is 2.60. The summed E-state index contributed by atoms with van der Waals surface area (Å²) in [5.41, 5.74) is 0.918. The number of terminal acetylenes is 1. The molecule has 104 valence electrons. The molecule has 1 N–H and O–H groups in total. The summed E-state index contributed by atoms with van der Waals surface area (Å²) in [6.07, 6.45) is 4.60. The number of nitroso groups, excluding NO2 is 1. The van der Waals surface area contributed by atoms with Crippen LogP contribution in [0, 0.1) is 17.3 Å². The van der Waals surface area contributed by atoms with E-state index in [0.29, 0.717) is 5.75 Å². The first-order chi connectivity index (χ1) is 9.65. The molecule has 2 rings (SSSR count). The SMILES string of the molecule is C#CCOc1ccc(C2CC(=O)NC(N=O)C2S)cc1. The minimum Gasteiger partial charge on any atom is -0.481 e. The van der Waals surface area contributed by atoms with Gasteiger partial charge >= 0.3 is 0 Å². The van der Waals surface area contributed by atoms with Crippen molar-refractivity contribution in [3.8, 4) is 18.1 Å². The molecule has 1 aliphatic heterocycles. The fraction of sp³-hybridized carbons (Fsp3) is 0.357. The lowest BCUT2D eigenvalue weighted by Gasteiger charge is -2.31. The Morgan fingerprint density at radius 2 is 2.15 bits per heavy atom. The molecule has 1 aromatic rings. The van der Waals surface area contributed by atoms with E-state index in [4.69, 9.17) is 11.2 Å². The maximum Gasteiger partial charge on any atom is 0.222 e. The van der Waals surface area contributed by atoms with Gasteiger partial charge in [-0.15, -0.1) is 11.3 Å². The smallest absolute Gasteiger partial charge is 0.222 e. The Kier molecular flexibility index (Phi) is 4.64. The predicted molar refractivity (Wildman–Crippen MR) is 78.6 cm³/mol. The van der Waals surface area contributed by atoms with Gasteiger partial charge in [0.1, 0.15) is 12.4 Å². The molecule has 3 unspecified atom stereocenters. The Morgan fingerprint density at radius 1 is 1.45 bits per heavy atom. The van der Waals surface area contributed by atoms with E-state index < -0.39 is 6.17 Å². The van der Waals surface area contributed by atoms with Gasteiger partial charge in [-0.05, 0) is 22.9 Å². The first-order valence-electron chi connectivity index (χ1n) is 6.12. The molecule has 20 heavy (non-hydrogen) atoms. The van der Waals surface area contributed by atoms with E-state index in [1.54, 1.807) is 12.1 Å². The first kappa shape index (κ1) is 14.4. The standard InChI is InChI=1S/C14H14N2O3S/c1-2-7-19-10-5-3-9(4-6-10)11-8-12(17)15-14(16-18)13(11)20/h1,3-6,11,13-14,20H,7-8H2,(H,15,17). The minimum absolute atomic E-state index is 0.156. The highest BCUT2D eigenvalue weighted by Gasteiger charge is 2.36. The number of ether oxygens (including phenoxy) is 1. The average molecular weight is 290 g/mol. The number of rotatable bonds is 4. The molecule has 6 heteroatoms. The second-order valence-electron chi connectivity index (χ2n) is 4.48. The minimum atomic E-state index is -0.804. The second-order valence-corrected chi connectivity index (χ2v) is 5.08. The van der Waals surface area contributed by atoms with Crippen molar-refractivity contribution >= 4 is 18.5 Å². The molecule has 0 radical (unpaired) electrons. The summed E-state index contributed by atoms with van der Waals surface area (Å²) < 4.78 is 5.28. The average Bonchev–Trinajstić information content (AvgIpc) is 2.47. The number of benzene rings is 1. The molecule has 1 heterocycles. The van der Waals surface area contributed by atoms with Crippen LogP contribution in [0.5, 0.6) is 5.75 Å². The molecule has 0 saturated carbocycles.